The molecule has 120 valence electrons. The lowest BCUT2D eigenvalue weighted by Gasteiger charge is -2.06. The molecule has 0 radical (unpaired) electrons. The molecule has 23 heavy (non-hydrogen) atoms. The van der Waals surface area contributed by atoms with Gasteiger partial charge in [0.1, 0.15) is 5.82 Å². The van der Waals surface area contributed by atoms with Gasteiger partial charge in [0, 0.05) is 24.8 Å². The van der Waals surface area contributed by atoms with Crippen LogP contribution in [0.3, 0.4) is 0 Å². The van der Waals surface area contributed by atoms with Crippen molar-refractivity contribution < 1.29 is 13.2 Å². The molecule has 0 N–H and O–H groups in total. The lowest BCUT2D eigenvalue weighted by atomic mass is 10.4. The molecule has 3 aromatic rings. The van der Waals surface area contributed by atoms with Crippen LogP contribution in [0.2, 0.25) is 5.02 Å². The highest BCUT2D eigenvalue weighted by Crippen LogP contribution is 2.29. The predicted octanol–water partition coefficient (Wildman–Crippen LogP) is 2.89. The summed E-state index contributed by atoms with van der Waals surface area (Å²) in [5, 5.41) is 4.44. The number of halogens is 4. The summed E-state index contributed by atoms with van der Waals surface area (Å²) in [4.78, 5) is 11.6. The Morgan fingerprint density at radius 3 is 2.48 bits per heavy atom. The minimum atomic E-state index is -4.55. The van der Waals surface area contributed by atoms with Crippen LogP contribution in [-0.2, 0) is 12.7 Å². The number of nitrogens with zero attached hydrogens (tertiary/aromatic N) is 6. The predicted molar refractivity (Wildman–Crippen MR) is 75.2 cm³/mol. The third kappa shape index (κ3) is 3.34. The quantitative estimate of drug-likeness (QED) is 0.734. The number of imidazole rings is 1. The second-order valence-corrected chi connectivity index (χ2v) is 5.21. The third-order valence-corrected chi connectivity index (χ3v) is 3.15. The topological polar surface area (TPSA) is 61.4 Å². The summed E-state index contributed by atoms with van der Waals surface area (Å²) >= 11 is 5.70. The van der Waals surface area contributed by atoms with E-state index in [4.69, 9.17) is 11.6 Å². The molecule has 0 aliphatic heterocycles. The van der Waals surface area contributed by atoms with Crippen molar-refractivity contribution in [2.45, 2.75) is 19.6 Å². The maximum Gasteiger partial charge on any atom is 0.434 e. The molecule has 3 aromatic heterocycles. The first-order chi connectivity index (χ1) is 10.8. The lowest BCUT2D eigenvalue weighted by Crippen LogP contribution is -2.10. The minimum absolute atomic E-state index is 0.00842. The van der Waals surface area contributed by atoms with Gasteiger partial charge in [0.25, 0.3) is 0 Å². The number of alkyl halides is 3. The Hall–Kier alpha value is -2.42. The van der Waals surface area contributed by atoms with Crippen molar-refractivity contribution in [1.82, 2.24) is 29.3 Å². The van der Waals surface area contributed by atoms with E-state index in [-0.39, 0.29) is 12.5 Å². The van der Waals surface area contributed by atoms with Gasteiger partial charge in [-0.2, -0.15) is 18.3 Å². The van der Waals surface area contributed by atoms with Gasteiger partial charge in [-0.1, -0.05) is 11.6 Å². The molecule has 3 rings (SSSR count). The number of hydrogen-bond donors (Lipinski definition) is 0. The summed E-state index contributed by atoms with van der Waals surface area (Å²) in [6, 6.07) is 1.67. The van der Waals surface area contributed by atoms with Crippen LogP contribution < -0.4 is 0 Å². The Kier molecular flexibility index (Phi) is 3.80. The fraction of sp³-hybridized carbons (Fsp3) is 0.231. The van der Waals surface area contributed by atoms with E-state index in [0.717, 1.165) is 6.20 Å². The van der Waals surface area contributed by atoms with Crippen molar-refractivity contribution in [3.8, 4) is 5.95 Å². The highest BCUT2D eigenvalue weighted by Gasteiger charge is 2.35. The smallest absolute Gasteiger partial charge is 0.307 e. The molecule has 6 nitrogen and oxygen atoms in total. The van der Waals surface area contributed by atoms with Crippen LogP contribution in [0.5, 0.6) is 0 Å². The fourth-order valence-electron chi connectivity index (χ4n) is 1.94. The van der Waals surface area contributed by atoms with Gasteiger partial charge in [0.05, 0.1) is 17.3 Å². The van der Waals surface area contributed by atoms with Crippen molar-refractivity contribution in [3.05, 3.63) is 53.1 Å². The van der Waals surface area contributed by atoms with E-state index in [0.29, 0.717) is 16.5 Å². The van der Waals surface area contributed by atoms with Gasteiger partial charge in [-0.25, -0.2) is 19.6 Å². The van der Waals surface area contributed by atoms with Gasteiger partial charge < -0.3 is 4.57 Å². The number of hydrogen-bond acceptors (Lipinski definition) is 4. The summed E-state index contributed by atoms with van der Waals surface area (Å²) in [7, 11) is 0. The molecule has 0 fully saturated rings. The summed E-state index contributed by atoms with van der Waals surface area (Å²) < 4.78 is 41.4. The van der Waals surface area contributed by atoms with Crippen molar-refractivity contribution in [1.29, 1.82) is 0 Å². The van der Waals surface area contributed by atoms with Crippen molar-refractivity contribution >= 4 is 11.6 Å². The van der Waals surface area contributed by atoms with Crippen molar-refractivity contribution in [2.24, 2.45) is 0 Å². The van der Waals surface area contributed by atoms with E-state index >= 15 is 0 Å². The van der Waals surface area contributed by atoms with Crippen LogP contribution in [0.1, 0.15) is 17.2 Å². The molecule has 0 atom stereocenters. The molecule has 0 spiro atoms. The zero-order valence-electron chi connectivity index (χ0n) is 11.8. The minimum Gasteiger partial charge on any atom is -0.307 e. The van der Waals surface area contributed by atoms with E-state index < -0.39 is 11.9 Å². The van der Waals surface area contributed by atoms with Crippen LogP contribution in [0, 0.1) is 6.92 Å². The normalized spacial score (nSPS) is 11.9. The first kappa shape index (κ1) is 15.5. The summed E-state index contributed by atoms with van der Waals surface area (Å²) in [6.45, 7) is 1.74. The third-order valence-electron chi connectivity index (χ3n) is 2.96. The van der Waals surface area contributed by atoms with Gasteiger partial charge >= 0.3 is 6.18 Å². The average Bonchev–Trinajstić information content (AvgIpc) is 3.07. The van der Waals surface area contributed by atoms with E-state index in [9.17, 15) is 13.2 Å². The molecule has 0 unspecified atom stereocenters. The zero-order chi connectivity index (χ0) is 16.6. The molecule has 0 bridgehead atoms. The summed E-state index contributed by atoms with van der Waals surface area (Å²) in [6.07, 6.45) is 0.650. The Bertz CT molecular complexity index is 821. The highest BCUT2D eigenvalue weighted by atomic mass is 35.5. The molecule has 0 aliphatic rings. The zero-order valence-corrected chi connectivity index (χ0v) is 12.5. The highest BCUT2D eigenvalue weighted by molar-refractivity contribution is 6.30. The molecule has 0 aromatic carbocycles. The Balaban J connectivity index is 2.03. The first-order valence-corrected chi connectivity index (χ1v) is 6.84. The standard InChI is InChI=1S/C13H10ClF3N6/c1-8-2-3-23(21-8)12-20-10(13(15,16)17)6-22(12)7-11-18-4-9(14)5-19-11/h2-6H,7H2,1H3. The van der Waals surface area contributed by atoms with Crippen LogP contribution in [0.15, 0.2) is 30.9 Å². The molecule has 0 saturated carbocycles. The Morgan fingerprint density at radius 1 is 1.22 bits per heavy atom. The van der Waals surface area contributed by atoms with E-state index in [1.54, 1.807) is 13.0 Å². The second-order valence-electron chi connectivity index (χ2n) is 4.77. The molecular weight excluding hydrogens is 333 g/mol. The van der Waals surface area contributed by atoms with Gasteiger partial charge in [-0.3, -0.25) is 0 Å². The first-order valence-electron chi connectivity index (χ1n) is 6.46. The van der Waals surface area contributed by atoms with Crippen LogP contribution in [-0.4, -0.2) is 29.3 Å². The largest absolute Gasteiger partial charge is 0.434 e. The van der Waals surface area contributed by atoms with Gasteiger partial charge in [-0.15, -0.1) is 0 Å². The maximum absolute atomic E-state index is 12.9. The summed E-state index contributed by atoms with van der Waals surface area (Å²) in [5.41, 5.74) is -0.342. The van der Waals surface area contributed by atoms with Crippen molar-refractivity contribution in [3.63, 3.8) is 0 Å². The number of aryl methyl sites for hydroxylation is 1. The maximum atomic E-state index is 12.9. The van der Waals surface area contributed by atoms with E-state index in [1.165, 1.54) is 27.8 Å². The Morgan fingerprint density at radius 2 is 1.91 bits per heavy atom. The van der Waals surface area contributed by atoms with Crippen LogP contribution in [0.4, 0.5) is 13.2 Å². The molecule has 0 aliphatic carbocycles. The van der Waals surface area contributed by atoms with Crippen molar-refractivity contribution in [2.75, 3.05) is 0 Å². The van der Waals surface area contributed by atoms with Crippen LogP contribution >= 0.6 is 11.6 Å². The molecule has 0 amide bonds. The molecule has 3 heterocycles. The van der Waals surface area contributed by atoms with Gasteiger partial charge in [0.2, 0.25) is 5.95 Å². The molecular formula is C13H10ClF3N6. The molecule has 0 saturated heterocycles. The summed E-state index contributed by atoms with van der Waals surface area (Å²) in [5.74, 6) is 0.342. The number of rotatable bonds is 3. The Labute approximate surface area is 133 Å². The lowest BCUT2D eigenvalue weighted by molar-refractivity contribution is -0.140. The second kappa shape index (κ2) is 5.65. The SMILES string of the molecule is Cc1ccn(-c2nc(C(F)(F)F)cn2Cc2ncc(Cl)cn2)n1. The molecule has 10 heteroatoms. The van der Waals surface area contributed by atoms with Crippen LogP contribution in [0.25, 0.3) is 5.95 Å². The monoisotopic (exact) mass is 342 g/mol. The number of aromatic nitrogens is 6. The average molecular weight is 343 g/mol. The fourth-order valence-corrected chi connectivity index (χ4v) is 2.04. The van der Waals surface area contributed by atoms with Gasteiger partial charge in [0.15, 0.2) is 5.69 Å². The van der Waals surface area contributed by atoms with E-state index in [2.05, 4.69) is 20.1 Å². The van der Waals surface area contributed by atoms with E-state index in [1.807, 2.05) is 0 Å². The van der Waals surface area contributed by atoms with Gasteiger partial charge in [-0.05, 0) is 13.0 Å².